The second-order valence-electron chi connectivity index (χ2n) is 9.13. The molecule has 3 aliphatic carbocycles. The van der Waals surface area contributed by atoms with Crippen LogP contribution in [0.25, 0.3) is 0 Å². The molecule has 2 N–H and O–H groups in total. The van der Waals surface area contributed by atoms with E-state index in [1.807, 2.05) is 19.9 Å². The number of carbonyl (C=O) groups excluding carboxylic acids is 2. The molecule has 29 heavy (non-hydrogen) atoms. The molecule has 1 saturated carbocycles. The second-order valence-corrected chi connectivity index (χ2v) is 9.13. The number of hydrogen-bond donors (Lipinski definition) is 2. The van der Waals surface area contributed by atoms with Crippen LogP contribution < -0.4 is 4.74 Å². The molecular weight excluding hydrogens is 372 g/mol. The molecule has 0 amide bonds. The average Bonchev–Trinajstić information content (AvgIpc) is 2.84. The van der Waals surface area contributed by atoms with Crippen LogP contribution >= 0.6 is 0 Å². The van der Waals surface area contributed by atoms with Crippen molar-refractivity contribution in [2.75, 3.05) is 6.61 Å². The van der Waals surface area contributed by atoms with Crippen molar-refractivity contribution in [1.82, 2.24) is 0 Å². The van der Waals surface area contributed by atoms with Gasteiger partial charge in [-0.15, -0.1) is 0 Å². The molecule has 0 radical (unpaired) electrons. The summed E-state index contributed by atoms with van der Waals surface area (Å²) in [4.78, 5) is 27.1. The Morgan fingerprint density at radius 3 is 2.79 bits per heavy atom. The summed E-state index contributed by atoms with van der Waals surface area (Å²) in [7, 11) is 0. The maximum atomic E-state index is 13.6. The van der Waals surface area contributed by atoms with Crippen LogP contribution in [0.1, 0.15) is 44.0 Å². The van der Waals surface area contributed by atoms with Crippen LogP contribution in [-0.2, 0) is 9.53 Å². The molecule has 4 atom stereocenters. The summed E-state index contributed by atoms with van der Waals surface area (Å²) in [6.45, 7) is 5.57. The molecule has 2 heterocycles. The third-order valence-electron chi connectivity index (χ3n) is 7.07. The van der Waals surface area contributed by atoms with E-state index in [2.05, 4.69) is 0 Å². The van der Waals surface area contributed by atoms with E-state index >= 15 is 0 Å². The molecule has 152 valence electrons. The fraction of sp³-hybridized carbons (Fsp3) is 0.478. The highest BCUT2D eigenvalue weighted by atomic mass is 16.6. The highest BCUT2D eigenvalue weighted by molar-refractivity contribution is 6.16. The van der Waals surface area contributed by atoms with Crippen molar-refractivity contribution in [3.63, 3.8) is 0 Å². The van der Waals surface area contributed by atoms with Crippen LogP contribution in [-0.4, -0.2) is 45.2 Å². The van der Waals surface area contributed by atoms with Crippen molar-refractivity contribution in [2.45, 2.75) is 50.4 Å². The zero-order valence-corrected chi connectivity index (χ0v) is 16.7. The molecular formula is C23H24O6. The number of hydrogen-bond acceptors (Lipinski definition) is 6. The van der Waals surface area contributed by atoms with Crippen molar-refractivity contribution < 1.29 is 29.3 Å². The number of aliphatic hydroxyl groups excluding tert-OH is 1. The first-order valence-corrected chi connectivity index (χ1v) is 9.96. The molecule has 1 spiro atoms. The molecule has 1 aromatic carbocycles. The smallest absolute Gasteiger partial charge is 0.196 e. The van der Waals surface area contributed by atoms with Crippen LogP contribution in [0.15, 0.2) is 41.5 Å². The Hall–Kier alpha value is -2.44. The number of aliphatic hydroxyl groups is 1. The molecule has 4 unspecified atom stereocenters. The van der Waals surface area contributed by atoms with Gasteiger partial charge in [0.2, 0.25) is 0 Å². The van der Waals surface area contributed by atoms with E-state index in [4.69, 9.17) is 9.47 Å². The highest BCUT2D eigenvalue weighted by Crippen LogP contribution is 2.67. The van der Waals surface area contributed by atoms with E-state index in [0.717, 1.165) is 5.57 Å². The Balaban J connectivity index is 1.77. The Labute approximate surface area is 168 Å². The van der Waals surface area contributed by atoms with Gasteiger partial charge in [-0.05, 0) is 45.4 Å². The van der Waals surface area contributed by atoms with Crippen molar-refractivity contribution in [1.29, 1.82) is 0 Å². The molecule has 6 rings (SSSR count). The zero-order valence-electron chi connectivity index (χ0n) is 16.7. The molecule has 6 heteroatoms. The third-order valence-corrected chi connectivity index (χ3v) is 7.07. The summed E-state index contributed by atoms with van der Waals surface area (Å²) in [6, 6.07) is 4.46. The van der Waals surface area contributed by atoms with Crippen LogP contribution in [0, 0.1) is 11.8 Å². The van der Waals surface area contributed by atoms with Crippen molar-refractivity contribution in [3.05, 3.63) is 47.1 Å². The third kappa shape index (κ3) is 2.08. The summed E-state index contributed by atoms with van der Waals surface area (Å²) in [6.07, 6.45) is 4.36. The summed E-state index contributed by atoms with van der Waals surface area (Å²) < 4.78 is 13.1. The lowest BCUT2D eigenvalue weighted by atomic mass is 9.51. The van der Waals surface area contributed by atoms with Crippen LogP contribution in [0.5, 0.6) is 11.5 Å². The summed E-state index contributed by atoms with van der Waals surface area (Å²) >= 11 is 0. The van der Waals surface area contributed by atoms with Gasteiger partial charge in [0.05, 0.1) is 17.8 Å². The summed E-state index contributed by atoms with van der Waals surface area (Å²) in [5, 5.41) is 19.3. The fourth-order valence-electron chi connectivity index (χ4n) is 5.82. The Morgan fingerprint density at radius 2 is 2.07 bits per heavy atom. The summed E-state index contributed by atoms with van der Waals surface area (Å²) in [5.74, 6) is -0.529. The van der Waals surface area contributed by atoms with Crippen LogP contribution in [0.3, 0.4) is 0 Å². The van der Waals surface area contributed by atoms with Gasteiger partial charge in [0.25, 0.3) is 0 Å². The van der Waals surface area contributed by atoms with E-state index in [0.29, 0.717) is 23.3 Å². The van der Waals surface area contributed by atoms with Gasteiger partial charge in [0, 0.05) is 23.8 Å². The molecule has 4 bridgehead atoms. The fourth-order valence-corrected chi connectivity index (χ4v) is 5.82. The van der Waals surface area contributed by atoms with Crippen molar-refractivity contribution in [2.24, 2.45) is 11.8 Å². The lowest BCUT2D eigenvalue weighted by molar-refractivity contribution is -0.171. The number of rotatable bonds is 3. The first-order chi connectivity index (χ1) is 13.7. The second kappa shape index (κ2) is 5.58. The monoisotopic (exact) mass is 396 g/mol. The number of benzene rings is 1. The van der Waals surface area contributed by atoms with E-state index < -0.39 is 22.7 Å². The number of Topliss-reactive ketones (excluding diaryl/α,β-unsaturated/α-hetero) is 2. The predicted molar refractivity (Wildman–Crippen MR) is 104 cm³/mol. The van der Waals surface area contributed by atoms with E-state index in [1.54, 1.807) is 19.1 Å². The minimum absolute atomic E-state index is 0.00920. The molecule has 1 saturated heterocycles. The van der Waals surface area contributed by atoms with E-state index in [-0.39, 0.29) is 36.3 Å². The number of fused-ring (bicyclic) bond motifs is 1. The highest BCUT2D eigenvalue weighted by Gasteiger charge is 2.80. The number of aromatic hydroxyl groups is 1. The zero-order chi connectivity index (χ0) is 20.8. The Bertz CT molecular complexity index is 1020. The first kappa shape index (κ1) is 18.6. The lowest BCUT2D eigenvalue weighted by Gasteiger charge is -2.56. The number of carbonyl (C=O) groups is 2. The van der Waals surface area contributed by atoms with Gasteiger partial charge in [-0.25, -0.2) is 0 Å². The predicted octanol–water partition coefficient (Wildman–Crippen LogP) is 2.73. The minimum atomic E-state index is -1.32. The maximum absolute atomic E-state index is 13.6. The van der Waals surface area contributed by atoms with Gasteiger partial charge >= 0.3 is 0 Å². The lowest BCUT2D eigenvalue weighted by Crippen LogP contribution is -2.72. The van der Waals surface area contributed by atoms with Crippen molar-refractivity contribution in [3.8, 4) is 11.5 Å². The number of phenols is 1. The largest absolute Gasteiger partial charge is 0.508 e. The standard InChI is InChI=1S/C23H24O6/c1-12(11-24)6-7-22-20(27)13-8-16-19(26)15-10-14(25)4-5-17(15)28-23(16,22)18(9-13)21(2,3)29-22/h4-6,8,10,13,18,24-25H,7,9,11H2,1-3H3. The van der Waals surface area contributed by atoms with E-state index in [9.17, 15) is 19.8 Å². The molecule has 6 nitrogen and oxygen atoms in total. The van der Waals surface area contributed by atoms with Gasteiger partial charge in [-0.3, -0.25) is 9.59 Å². The molecule has 5 aliphatic rings. The van der Waals surface area contributed by atoms with Crippen LogP contribution in [0.4, 0.5) is 0 Å². The molecule has 0 aromatic heterocycles. The van der Waals surface area contributed by atoms with Gasteiger partial charge in [-0.1, -0.05) is 17.7 Å². The number of ketones is 2. The number of allylic oxidation sites excluding steroid dienone is 1. The average molecular weight is 396 g/mol. The van der Waals surface area contributed by atoms with Gasteiger partial charge in [0.15, 0.2) is 22.8 Å². The van der Waals surface area contributed by atoms with Gasteiger partial charge < -0.3 is 19.7 Å². The van der Waals surface area contributed by atoms with Gasteiger partial charge in [-0.2, -0.15) is 0 Å². The molecule has 2 fully saturated rings. The van der Waals surface area contributed by atoms with Crippen LogP contribution in [0.2, 0.25) is 0 Å². The SMILES string of the molecule is CC(=CCC12OC(C)(C)C3CC(C=C4C(=O)c5cc(O)ccc5OC431)C2=O)CO. The summed E-state index contributed by atoms with van der Waals surface area (Å²) in [5.41, 5.74) is -1.72. The molecule has 2 aliphatic heterocycles. The quantitative estimate of drug-likeness (QED) is 0.763. The topological polar surface area (TPSA) is 93.1 Å². The Morgan fingerprint density at radius 1 is 1.31 bits per heavy atom. The van der Waals surface area contributed by atoms with Crippen molar-refractivity contribution >= 4 is 11.6 Å². The normalized spacial score (nSPS) is 36.4. The van der Waals surface area contributed by atoms with Gasteiger partial charge in [0.1, 0.15) is 11.5 Å². The first-order valence-electron chi connectivity index (χ1n) is 9.96. The number of phenolic OH excluding ortho intramolecular Hbond substituents is 1. The maximum Gasteiger partial charge on any atom is 0.196 e. The Kier molecular flexibility index (Phi) is 3.58. The minimum Gasteiger partial charge on any atom is -0.508 e. The molecule has 1 aromatic rings. The van der Waals surface area contributed by atoms with E-state index in [1.165, 1.54) is 12.1 Å². The number of ether oxygens (including phenoxy) is 2.